The zero-order valence-electron chi connectivity index (χ0n) is 11.0. The first-order chi connectivity index (χ1) is 9.44. The van der Waals surface area contributed by atoms with Crippen molar-refractivity contribution in [2.75, 3.05) is 13.1 Å². The van der Waals surface area contributed by atoms with Crippen molar-refractivity contribution in [1.82, 2.24) is 4.90 Å². The van der Waals surface area contributed by atoms with Crippen molar-refractivity contribution in [2.24, 2.45) is 5.73 Å². The van der Waals surface area contributed by atoms with Crippen LogP contribution in [0.1, 0.15) is 24.0 Å². The molecule has 1 amide bonds. The van der Waals surface area contributed by atoms with Crippen LogP contribution in [0, 0.1) is 11.3 Å². The lowest BCUT2D eigenvalue weighted by atomic mass is 9.92. The van der Waals surface area contributed by atoms with Gasteiger partial charge in [0.1, 0.15) is 0 Å². The third-order valence-electron chi connectivity index (χ3n) is 3.58. The molecule has 1 aromatic carbocycles. The smallest absolute Gasteiger partial charge is 0.250 e. The number of likely N-dealkylation sites (tertiary alicyclic amines) is 1. The van der Waals surface area contributed by atoms with Gasteiger partial charge in [0.2, 0.25) is 0 Å². The number of halogens is 1. The minimum Gasteiger partial charge on any atom is -0.379 e. The molecular formula is C14H16BrN3O2. The number of rotatable bonds is 3. The third kappa shape index (κ3) is 3.18. The average molecular weight is 338 g/mol. The Hall–Kier alpha value is -1.42. The molecule has 1 aliphatic rings. The minimum atomic E-state index is -1.45. The molecule has 0 bridgehead atoms. The summed E-state index contributed by atoms with van der Waals surface area (Å²) >= 11 is 3.45. The number of hydrogen-bond acceptors (Lipinski definition) is 4. The lowest BCUT2D eigenvalue weighted by Gasteiger charge is -2.37. The predicted molar refractivity (Wildman–Crippen MR) is 77.5 cm³/mol. The molecule has 0 aliphatic carbocycles. The number of carbonyl (C=O) groups is 1. The SMILES string of the molecule is N#Cc1ccc(Br)c(CN2CCCC(O)(C(N)=O)C2)c1. The van der Waals surface area contributed by atoms with Crippen molar-refractivity contribution in [3.8, 4) is 6.07 Å². The molecule has 1 aromatic rings. The van der Waals surface area contributed by atoms with Crippen LogP contribution < -0.4 is 5.73 Å². The Labute approximate surface area is 126 Å². The van der Waals surface area contributed by atoms with Gasteiger partial charge < -0.3 is 10.8 Å². The summed E-state index contributed by atoms with van der Waals surface area (Å²) in [6.07, 6.45) is 1.12. The molecule has 1 heterocycles. The van der Waals surface area contributed by atoms with Crippen molar-refractivity contribution in [1.29, 1.82) is 5.26 Å². The Morgan fingerprint density at radius 1 is 1.60 bits per heavy atom. The molecule has 0 spiro atoms. The van der Waals surface area contributed by atoms with Gasteiger partial charge in [-0.2, -0.15) is 5.26 Å². The summed E-state index contributed by atoms with van der Waals surface area (Å²) < 4.78 is 0.907. The zero-order chi connectivity index (χ0) is 14.8. The summed E-state index contributed by atoms with van der Waals surface area (Å²) in [4.78, 5) is 13.3. The fourth-order valence-corrected chi connectivity index (χ4v) is 2.84. The summed E-state index contributed by atoms with van der Waals surface area (Å²) in [5.74, 6) is -0.674. The number of nitrogens with zero attached hydrogens (tertiary/aromatic N) is 2. The number of amides is 1. The lowest BCUT2D eigenvalue weighted by molar-refractivity contribution is -0.142. The highest BCUT2D eigenvalue weighted by atomic mass is 79.9. The number of aliphatic hydroxyl groups is 1. The van der Waals surface area contributed by atoms with Crippen LogP contribution in [0.2, 0.25) is 0 Å². The maximum Gasteiger partial charge on any atom is 0.250 e. The third-order valence-corrected chi connectivity index (χ3v) is 4.35. The van der Waals surface area contributed by atoms with E-state index < -0.39 is 11.5 Å². The highest BCUT2D eigenvalue weighted by molar-refractivity contribution is 9.10. The largest absolute Gasteiger partial charge is 0.379 e. The van der Waals surface area contributed by atoms with E-state index >= 15 is 0 Å². The van der Waals surface area contributed by atoms with Gasteiger partial charge in [-0.1, -0.05) is 15.9 Å². The Balaban J connectivity index is 2.14. The molecule has 0 saturated carbocycles. The summed E-state index contributed by atoms with van der Waals surface area (Å²) in [5, 5.41) is 19.1. The van der Waals surface area contributed by atoms with Crippen LogP contribution in [-0.2, 0) is 11.3 Å². The van der Waals surface area contributed by atoms with Gasteiger partial charge in [0.15, 0.2) is 5.60 Å². The van der Waals surface area contributed by atoms with Crippen molar-refractivity contribution in [3.63, 3.8) is 0 Å². The summed E-state index contributed by atoms with van der Waals surface area (Å²) in [5.41, 5.74) is 5.36. The molecule has 6 heteroatoms. The van der Waals surface area contributed by atoms with E-state index in [1.54, 1.807) is 6.07 Å². The first-order valence-corrected chi connectivity index (χ1v) is 7.17. The van der Waals surface area contributed by atoms with E-state index in [9.17, 15) is 9.90 Å². The topological polar surface area (TPSA) is 90.3 Å². The summed E-state index contributed by atoms with van der Waals surface area (Å²) in [6.45, 7) is 1.58. The maximum atomic E-state index is 11.3. The Kier molecular flexibility index (Phi) is 4.43. The molecule has 2 rings (SSSR count). The van der Waals surface area contributed by atoms with E-state index in [1.807, 2.05) is 17.0 Å². The highest BCUT2D eigenvalue weighted by Gasteiger charge is 2.38. The van der Waals surface area contributed by atoms with Gasteiger partial charge in [-0.15, -0.1) is 0 Å². The second-order valence-electron chi connectivity index (χ2n) is 5.13. The van der Waals surface area contributed by atoms with E-state index in [1.165, 1.54) is 0 Å². The van der Waals surface area contributed by atoms with E-state index in [-0.39, 0.29) is 6.54 Å². The molecule has 3 N–H and O–H groups in total. The van der Waals surface area contributed by atoms with Crippen LogP contribution in [0.3, 0.4) is 0 Å². The van der Waals surface area contributed by atoms with Crippen LogP contribution >= 0.6 is 15.9 Å². The maximum absolute atomic E-state index is 11.3. The van der Waals surface area contributed by atoms with E-state index in [4.69, 9.17) is 11.0 Å². The standard InChI is InChI=1S/C14H16BrN3O2/c15-12-3-2-10(7-16)6-11(12)8-18-5-1-4-14(20,9-18)13(17)19/h2-3,6,20H,1,4-5,8-9H2,(H2,17,19). The summed E-state index contributed by atoms with van der Waals surface area (Å²) in [7, 11) is 0. The van der Waals surface area contributed by atoms with Crippen molar-refractivity contribution < 1.29 is 9.90 Å². The second kappa shape index (κ2) is 5.92. The number of β-amino-alcohol motifs (C(OH)–C–C–N with tert-alkyl or cyclic N) is 1. The number of nitrogens with two attached hydrogens (primary N) is 1. The zero-order valence-corrected chi connectivity index (χ0v) is 12.6. The predicted octanol–water partition coefficient (Wildman–Crippen LogP) is 1.13. The van der Waals surface area contributed by atoms with Gasteiger partial charge >= 0.3 is 0 Å². The van der Waals surface area contributed by atoms with E-state index in [2.05, 4.69) is 22.0 Å². The Morgan fingerprint density at radius 2 is 2.35 bits per heavy atom. The van der Waals surface area contributed by atoms with Crippen LogP contribution in [0.15, 0.2) is 22.7 Å². The van der Waals surface area contributed by atoms with Gasteiger partial charge in [0.05, 0.1) is 11.6 Å². The number of nitriles is 1. The molecule has 1 fully saturated rings. The second-order valence-corrected chi connectivity index (χ2v) is 5.98. The van der Waals surface area contributed by atoms with Gasteiger partial charge in [-0.25, -0.2) is 0 Å². The van der Waals surface area contributed by atoms with Gasteiger partial charge in [0.25, 0.3) is 5.91 Å². The molecular weight excluding hydrogens is 322 g/mol. The molecule has 0 radical (unpaired) electrons. The van der Waals surface area contributed by atoms with Crippen LogP contribution in [0.5, 0.6) is 0 Å². The molecule has 5 nitrogen and oxygen atoms in total. The number of carbonyl (C=O) groups excluding carboxylic acids is 1. The quantitative estimate of drug-likeness (QED) is 0.865. The molecule has 20 heavy (non-hydrogen) atoms. The van der Waals surface area contributed by atoms with Crippen molar-refractivity contribution in [2.45, 2.75) is 25.0 Å². The minimum absolute atomic E-state index is 0.228. The van der Waals surface area contributed by atoms with Crippen LogP contribution in [0.4, 0.5) is 0 Å². The monoisotopic (exact) mass is 337 g/mol. The summed E-state index contributed by atoms with van der Waals surface area (Å²) in [6, 6.07) is 7.48. The molecule has 1 aliphatic heterocycles. The average Bonchev–Trinajstić information content (AvgIpc) is 2.41. The van der Waals surface area contributed by atoms with Crippen LogP contribution in [0.25, 0.3) is 0 Å². The Morgan fingerprint density at radius 3 is 3.00 bits per heavy atom. The number of primary amides is 1. The van der Waals surface area contributed by atoms with Gasteiger partial charge in [-0.3, -0.25) is 9.69 Å². The Bertz CT molecular complexity index is 570. The van der Waals surface area contributed by atoms with Gasteiger partial charge in [-0.05, 0) is 43.1 Å². The lowest BCUT2D eigenvalue weighted by Crippen LogP contribution is -2.55. The normalized spacial score (nSPS) is 23.2. The first-order valence-electron chi connectivity index (χ1n) is 6.38. The molecule has 1 saturated heterocycles. The van der Waals surface area contributed by atoms with Crippen molar-refractivity contribution in [3.05, 3.63) is 33.8 Å². The van der Waals surface area contributed by atoms with E-state index in [0.717, 1.165) is 23.0 Å². The number of piperidine rings is 1. The number of benzene rings is 1. The molecule has 0 aromatic heterocycles. The fraction of sp³-hybridized carbons (Fsp3) is 0.429. The first kappa shape index (κ1) is 15.0. The molecule has 1 unspecified atom stereocenters. The fourth-order valence-electron chi connectivity index (χ4n) is 2.47. The van der Waals surface area contributed by atoms with Crippen LogP contribution in [-0.4, -0.2) is 34.6 Å². The van der Waals surface area contributed by atoms with E-state index in [0.29, 0.717) is 18.5 Å². The number of hydrogen-bond donors (Lipinski definition) is 2. The van der Waals surface area contributed by atoms with Crippen molar-refractivity contribution >= 4 is 21.8 Å². The molecule has 1 atom stereocenters. The van der Waals surface area contributed by atoms with Gasteiger partial charge in [0, 0.05) is 17.6 Å². The molecule has 106 valence electrons. The highest BCUT2D eigenvalue weighted by Crippen LogP contribution is 2.25.